The number of fused-ring (bicyclic) bond motifs is 7. The minimum absolute atomic E-state index is 0.0252. The summed E-state index contributed by atoms with van der Waals surface area (Å²) in [5.74, 6) is 1.03. The zero-order valence-corrected chi connectivity index (χ0v) is 22.4. The summed E-state index contributed by atoms with van der Waals surface area (Å²) in [6.45, 7) is 16.2. The second-order valence-electron chi connectivity index (χ2n) is 14.6. The van der Waals surface area contributed by atoms with E-state index in [1.165, 1.54) is 6.29 Å². The molecule has 0 heterocycles. The van der Waals surface area contributed by atoms with Crippen LogP contribution in [-0.2, 0) is 9.59 Å². The van der Waals surface area contributed by atoms with Crippen molar-refractivity contribution in [3.05, 3.63) is 23.3 Å². The van der Waals surface area contributed by atoms with Crippen LogP contribution < -0.4 is 0 Å². The molecule has 5 rings (SSSR count). The molecule has 3 nitrogen and oxygen atoms in total. The summed E-state index contributed by atoms with van der Waals surface area (Å²) in [7, 11) is 0. The van der Waals surface area contributed by atoms with E-state index in [-0.39, 0.29) is 38.8 Å². The van der Waals surface area contributed by atoms with E-state index in [0.717, 1.165) is 51.4 Å². The summed E-state index contributed by atoms with van der Waals surface area (Å²) < 4.78 is 0. The number of nitrogens with zero attached hydrogens (tertiary/aromatic N) is 1. The molecule has 7 atom stereocenters. The van der Waals surface area contributed by atoms with Gasteiger partial charge in [-0.25, -0.2) is 0 Å². The second kappa shape index (κ2) is 6.96. The fraction of sp³-hybridized carbons (Fsp3) is 0.774. The molecule has 0 spiro atoms. The van der Waals surface area contributed by atoms with E-state index in [2.05, 4.69) is 66.7 Å². The molecule has 184 valence electrons. The third-order valence-electron chi connectivity index (χ3n) is 12.4. The first-order valence-electron chi connectivity index (χ1n) is 13.6. The lowest BCUT2D eigenvalue weighted by atomic mass is 9.34. The molecule has 0 aliphatic heterocycles. The summed E-state index contributed by atoms with van der Waals surface area (Å²) >= 11 is 0. The van der Waals surface area contributed by atoms with E-state index in [4.69, 9.17) is 0 Å². The molecule has 0 aromatic carbocycles. The van der Waals surface area contributed by atoms with Gasteiger partial charge in [-0.1, -0.05) is 66.2 Å². The van der Waals surface area contributed by atoms with Gasteiger partial charge in [-0.2, -0.15) is 5.26 Å². The van der Waals surface area contributed by atoms with Crippen LogP contribution in [0.3, 0.4) is 0 Å². The molecule has 0 aromatic rings. The third kappa shape index (κ3) is 2.75. The summed E-state index contributed by atoms with van der Waals surface area (Å²) in [6.07, 6.45) is 14.4. The number of carbonyl (C=O) groups is 2. The quantitative estimate of drug-likeness (QED) is 0.306. The maximum Gasteiger partial charge on any atom is 0.178 e. The van der Waals surface area contributed by atoms with E-state index < -0.39 is 5.41 Å². The predicted molar refractivity (Wildman–Crippen MR) is 135 cm³/mol. The van der Waals surface area contributed by atoms with E-state index in [1.807, 2.05) is 0 Å². The highest BCUT2D eigenvalue weighted by molar-refractivity contribution is 6.04. The molecule has 34 heavy (non-hydrogen) atoms. The van der Waals surface area contributed by atoms with Gasteiger partial charge in [0.1, 0.15) is 12.4 Å². The maximum absolute atomic E-state index is 13.2. The lowest BCUT2D eigenvalue weighted by Gasteiger charge is -2.69. The molecule has 3 heteroatoms. The zero-order chi connectivity index (χ0) is 24.9. The molecule has 3 saturated carbocycles. The Kier molecular flexibility index (Phi) is 4.91. The Hall–Kier alpha value is -1.69. The van der Waals surface area contributed by atoms with Crippen molar-refractivity contribution in [3.63, 3.8) is 0 Å². The van der Waals surface area contributed by atoms with Crippen molar-refractivity contribution in [2.75, 3.05) is 0 Å². The molecule has 0 bridgehead atoms. The van der Waals surface area contributed by atoms with Crippen molar-refractivity contribution >= 4 is 12.1 Å². The summed E-state index contributed by atoms with van der Waals surface area (Å²) in [4.78, 5) is 25.7. The molecular formula is C31H43NO2. The number of carbonyl (C=O) groups excluding carboxylic acids is 2. The van der Waals surface area contributed by atoms with Gasteiger partial charge in [0.05, 0.1) is 5.57 Å². The van der Waals surface area contributed by atoms with Crippen molar-refractivity contribution in [3.8, 4) is 6.07 Å². The molecule has 0 radical (unpaired) electrons. The molecule has 0 N–H and O–H groups in total. The molecular weight excluding hydrogens is 418 g/mol. The first-order chi connectivity index (χ1) is 15.7. The van der Waals surface area contributed by atoms with Gasteiger partial charge < -0.3 is 4.79 Å². The number of ketones is 1. The average Bonchev–Trinajstić information content (AvgIpc) is 2.76. The van der Waals surface area contributed by atoms with E-state index in [0.29, 0.717) is 17.4 Å². The van der Waals surface area contributed by atoms with Crippen LogP contribution in [0.5, 0.6) is 0 Å². The lowest BCUT2D eigenvalue weighted by Crippen LogP contribution is -2.63. The monoisotopic (exact) mass is 461 g/mol. The van der Waals surface area contributed by atoms with Crippen molar-refractivity contribution < 1.29 is 9.59 Å². The molecule has 0 saturated heterocycles. The fourth-order valence-electron chi connectivity index (χ4n) is 10.1. The van der Waals surface area contributed by atoms with Crippen LogP contribution in [0.1, 0.15) is 99.8 Å². The number of rotatable bonds is 1. The number of allylic oxidation sites excluding steroid dienone is 4. The summed E-state index contributed by atoms with van der Waals surface area (Å²) in [5.41, 5.74) is 1.49. The van der Waals surface area contributed by atoms with Crippen molar-refractivity contribution in [1.82, 2.24) is 0 Å². The highest BCUT2D eigenvalue weighted by atomic mass is 16.1. The van der Waals surface area contributed by atoms with E-state index in [1.54, 1.807) is 5.57 Å². The normalized spacial score (nSPS) is 48.6. The largest absolute Gasteiger partial charge is 0.303 e. The van der Waals surface area contributed by atoms with E-state index in [9.17, 15) is 14.9 Å². The van der Waals surface area contributed by atoms with Crippen LogP contribution in [0.4, 0.5) is 0 Å². The van der Waals surface area contributed by atoms with Crippen molar-refractivity contribution in [2.24, 2.45) is 50.2 Å². The Bertz CT molecular complexity index is 1060. The number of Topliss-reactive ketones (excluding diaryl/α,β-unsaturated/α-hetero) is 1. The van der Waals surface area contributed by atoms with Gasteiger partial charge in [-0.05, 0) is 90.8 Å². The summed E-state index contributed by atoms with van der Waals surface area (Å²) in [6, 6.07) is 2.26. The maximum atomic E-state index is 13.2. The Morgan fingerprint density at radius 1 is 0.971 bits per heavy atom. The predicted octanol–water partition coefficient (Wildman–Crippen LogP) is 7.23. The van der Waals surface area contributed by atoms with Gasteiger partial charge in [0.25, 0.3) is 0 Å². The van der Waals surface area contributed by atoms with E-state index >= 15 is 0 Å². The second-order valence-corrected chi connectivity index (χ2v) is 14.6. The Balaban J connectivity index is 1.65. The van der Waals surface area contributed by atoms with Crippen LogP contribution in [0, 0.1) is 61.6 Å². The van der Waals surface area contributed by atoms with Crippen LogP contribution >= 0.6 is 0 Å². The number of aldehydes is 1. The first-order valence-corrected chi connectivity index (χ1v) is 13.6. The Morgan fingerprint density at radius 3 is 2.29 bits per heavy atom. The van der Waals surface area contributed by atoms with Gasteiger partial charge in [0.15, 0.2) is 5.78 Å². The van der Waals surface area contributed by atoms with Crippen LogP contribution in [-0.4, -0.2) is 12.1 Å². The first kappa shape index (κ1) is 24.0. The Morgan fingerprint density at radius 2 is 1.65 bits per heavy atom. The molecule has 5 aliphatic rings. The van der Waals surface area contributed by atoms with Gasteiger partial charge in [-0.15, -0.1) is 0 Å². The van der Waals surface area contributed by atoms with Gasteiger partial charge in [-0.3, -0.25) is 4.79 Å². The smallest absolute Gasteiger partial charge is 0.178 e. The molecule has 1 unspecified atom stereocenters. The average molecular weight is 462 g/mol. The van der Waals surface area contributed by atoms with Crippen LogP contribution in [0.15, 0.2) is 23.3 Å². The molecule has 0 amide bonds. The van der Waals surface area contributed by atoms with Gasteiger partial charge >= 0.3 is 0 Å². The highest BCUT2D eigenvalue weighted by Gasteiger charge is 2.68. The zero-order valence-electron chi connectivity index (χ0n) is 22.4. The highest BCUT2D eigenvalue weighted by Crippen LogP contribution is 2.74. The molecule has 0 aromatic heterocycles. The third-order valence-corrected chi connectivity index (χ3v) is 12.4. The molecule has 5 aliphatic carbocycles. The van der Waals surface area contributed by atoms with Crippen molar-refractivity contribution in [1.29, 1.82) is 5.26 Å². The summed E-state index contributed by atoms with van der Waals surface area (Å²) in [5, 5.41) is 9.85. The lowest BCUT2D eigenvalue weighted by molar-refractivity contribution is -0.161. The van der Waals surface area contributed by atoms with Gasteiger partial charge in [0.2, 0.25) is 0 Å². The minimum Gasteiger partial charge on any atom is -0.303 e. The SMILES string of the molecule is CC1(C)CC[C@]2(C=O)CC[C@]3(C)C(=CC[C@@H]4[C@@]5(C)C=C(C#N)C(=O)C(C)(C)[C@@H]5CC[C@]43C)C2C1. The van der Waals surface area contributed by atoms with Crippen LogP contribution in [0.2, 0.25) is 0 Å². The molecule has 3 fully saturated rings. The fourth-order valence-corrected chi connectivity index (χ4v) is 10.1. The van der Waals surface area contributed by atoms with Gasteiger partial charge in [0, 0.05) is 10.8 Å². The number of hydrogen-bond acceptors (Lipinski definition) is 3. The topological polar surface area (TPSA) is 57.9 Å². The number of hydrogen-bond donors (Lipinski definition) is 0. The number of nitriles is 1. The minimum atomic E-state index is -0.507. The Labute approximate surface area is 206 Å². The standard InChI is InChI=1S/C31H43NO2/c1-26(2)12-14-31(19-33)15-13-29(6)21(22(31)17-26)8-9-24-28(5)16-20(18-32)25(34)27(3,4)23(28)10-11-30(24,29)7/h8,16,19,22-24H,9-15,17H2,1-7H3/t22?,23-,24+,28-,29+,30+,31+/m0/s1. The van der Waals surface area contributed by atoms with Crippen LogP contribution in [0.25, 0.3) is 0 Å². The van der Waals surface area contributed by atoms with Crippen molar-refractivity contribution in [2.45, 2.75) is 99.8 Å².